The number of para-hydroxylation sites is 1. The summed E-state index contributed by atoms with van der Waals surface area (Å²) in [6.45, 7) is 0. The van der Waals surface area contributed by atoms with Crippen molar-refractivity contribution in [1.82, 2.24) is 4.98 Å². The van der Waals surface area contributed by atoms with Crippen LogP contribution in [0.2, 0.25) is 0 Å². The second kappa shape index (κ2) is 5.51. The second-order valence-electron chi connectivity index (χ2n) is 4.44. The number of benzene rings is 2. The summed E-state index contributed by atoms with van der Waals surface area (Å²) in [6, 6.07) is 17.4. The fraction of sp³-hybridized carbons (Fsp3) is 0.0625. The van der Waals surface area contributed by atoms with E-state index in [0.29, 0.717) is 10.6 Å². The molecule has 100 valence electrons. The first-order valence-corrected chi connectivity index (χ1v) is 7.53. The molecule has 0 fully saturated rings. The van der Waals surface area contributed by atoms with Crippen LogP contribution >= 0.6 is 0 Å². The van der Waals surface area contributed by atoms with Gasteiger partial charge in [-0.2, -0.15) is 0 Å². The van der Waals surface area contributed by atoms with Crippen LogP contribution in [0.25, 0.3) is 10.9 Å². The van der Waals surface area contributed by atoms with Gasteiger partial charge in [0.25, 0.3) is 0 Å². The Kier molecular flexibility index (Phi) is 3.56. The molecule has 1 atom stereocenters. The molecule has 0 aliphatic carbocycles. The van der Waals surface area contributed by atoms with Gasteiger partial charge in [0.05, 0.1) is 27.8 Å². The largest absolute Gasteiger partial charge is 0.254 e. The van der Waals surface area contributed by atoms with Gasteiger partial charge in [-0.3, -0.25) is 9.19 Å². The van der Waals surface area contributed by atoms with Crippen molar-refractivity contribution in [3.05, 3.63) is 72.2 Å². The lowest BCUT2D eigenvalue weighted by molar-refractivity contribution is 0.626. The maximum atomic E-state index is 12.8. The van der Waals surface area contributed by atoms with E-state index in [-0.39, 0.29) is 5.82 Å². The van der Waals surface area contributed by atoms with Gasteiger partial charge in [-0.05, 0) is 36.4 Å². The highest BCUT2D eigenvalue weighted by atomic mass is 32.2. The third kappa shape index (κ3) is 2.75. The lowest BCUT2D eigenvalue weighted by atomic mass is 10.2. The van der Waals surface area contributed by atoms with E-state index >= 15 is 0 Å². The van der Waals surface area contributed by atoms with E-state index in [2.05, 4.69) is 4.98 Å². The Morgan fingerprint density at radius 1 is 0.950 bits per heavy atom. The number of halogens is 1. The SMILES string of the molecule is O=S(Cc1ccc2ccccc2n1)c1ccc(F)cc1. The number of hydrogen-bond acceptors (Lipinski definition) is 2. The molecule has 0 spiro atoms. The molecule has 0 aliphatic rings. The van der Waals surface area contributed by atoms with Gasteiger partial charge in [0.2, 0.25) is 0 Å². The van der Waals surface area contributed by atoms with E-state index < -0.39 is 10.8 Å². The molecule has 4 heteroatoms. The van der Waals surface area contributed by atoms with Crippen LogP contribution in [-0.2, 0) is 16.6 Å². The maximum Gasteiger partial charge on any atom is 0.123 e. The Morgan fingerprint density at radius 2 is 1.70 bits per heavy atom. The normalized spacial score (nSPS) is 12.4. The van der Waals surface area contributed by atoms with Crippen molar-refractivity contribution >= 4 is 21.7 Å². The Balaban J connectivity index is 1.85. The predicted octanol–water partition coefficient (Wildman–Crippen LogP) is 3.68. The molecule has 0 radical (unpaired) electrons. The molecular formula is C16H12FNOS. The van der Waals surface area contributed by atoms with Crippen molar-refractivity contribution in [2.24, 2.45) is 0 Å². The van der Waals surface area contributed by atoms with E-state index in [1.165, 1.54) is 12.1 Å². The quantitative estimate of drug-likeness (QED) is 0.734. The summed E-state index contributed by atoms with van der Waals surface area (Å²) < 4.78 is 25.1. The molecule has 1 unspecified atom stereocenters. The highest BCUT2D eigenvalue weighted by Gasteiger charge is 2.07. The van der Waals surface area contributed by atoms with E-state index in [4.69, 9.17) is 0 Å². The van der Waals surface area contributed by atoms with Crippen molar-refractivity contribution in [1.29, 1.82) is 0 Å². The van der Waals surface area contributed by atoms with Gasteiger partial charge < -0.3 is 0 Å². The summed E-state index contributed by atoms with van der Waals surface area (Å²) in [7, 11) is -1.21. The molecule has 3 aromatic rings. The summed E-state index contributed by atoms with van der Waals surface area (Å²) in [5.41, 5.74) is 1.66. The summed E-state index contributed by atoms with van der Waals surface area (Å²) >= 11 is 0. The average Bonchev–Trinajstić information content (AvgIpc) is 2.48. The molecular weight excluding hydrogens is 273 g/mol. The lowest BCUT2D eigenvalue weighted by Crippen LogP contribution is -1.99. The smallest absolute Gasteiger partial charge is 0.123 e. The van der Waals surface area contributed by atoms with E-state index in [0.717, 1.165) is 16.6 Å². The minimum absolute atomic E-state index is 0.324. The van der Waals surface area contributed by atoms with Gasteiger partial charge in [-0.25, -0.2) is 4.39 Å². The number of aromatic nitrogens is 1. The minimum Gasteiger partial charge on any atom is -0.254 e. The number of pyridine rings is 1. The third-order valence-electron chi connectivity index (χ3n) is 3.01. The highest BCUT2D eigenvalue weighted by molar-refractivity contribution is 7.84. The number of nitrogens with zero attached hydrogens (tertiary/aromatic N) is 1. The Hall–Kier alpha value is -2.07. The van der Waals surface area contributed by atoms with Crippen LogP contribution in [0, 0.1) is 5.82 Å². The maximum absolute atomic E-state index is 12.8. The lowest BCUT2D eigenvalue weighted by Gasteiger charge is -2.04. The topological polar surface area (TPSA) is 30.0 Å². The van der Waals surface area contributed by atoms with Crippen molar-refractivity contribution in [2.45, 2.75) is 10.6 Å². The van der Waals surface area contributed by atoms with Gasteiger partial charge >= 0.3 is 0 Å². The van der Waals surface area contributed by atoms with Crippen molar-refractivity contribution in [2.75, 3.05) is 0 Å². The molecule has 2 nitrogen and oxygen atoms in total. The summed E-state index contributed by atoms with van der Waals surface area (Å²) in [6.07, 6.45) is 0. The summed E-state index contributed by atoms with van der Waals surface area (Å²) in [5.74, 6) is 0.00537. The van der Waals surface area contributed by atoms with Crippen LogP contribution in [0.4, 0.5) is 4.39 Å². The van der Waals surface area contributed by atoms with Crippen molar-refractivity contribution in [3.63, 3.8) is 0 Å². The van der Waals surface area contributed by atoms with Gasteiger partial charge in [-0.1, -0.05) is 24.3 Å². The number of fused-ring (bicyclic) bond motifs is 1. The molecule has 0 N–H and O–H groups in total. The van der Waals surface area contributed by atoms with Crippen LogP contribution < -0.4 is 0 Å². The predicted molar refractivity (Wildman–Crippen MR) is 78.3 cm³/mol. The minimum atomic E-state index is -1.21. The van der Waals surface area contributed by atoms with Crippen LogP contribution in [0.5, 0.6) is 0 Å². The molecule has 1 aromatic heterocycles. The van der Waals surface area contributed by atoms with E-state index in [1.807, 2.05) is 36.4 Å². The zero-order chi connectivity index (χ0) is 13.9. The third-order valence-corrected chi connectivity index (χ3v) is 4.37. The molecule has 1 heterocycles. The van der Waals surface area contributed by atoms with Crippen LogP contribution in [0.15, 0.2) is 65.6 Å². The average molecular weight is 285 g/mol. The first-order chi connectivity index (χ1) is 9.72. The standard InChI is InChI=1S/C16H12FNOS/c17-13-6-9-15(10-7-13)20(19)11-14-8-5-12-3-1-2-4-16(12)18-14/h1-10H,11H2. The first-order valence-electron chi connectivity index (χ1n) is 6.21. The first kappa shape index (κ1) is 12.9. The Bertz CT molecular complexity index is 771. The molecule has 0 bridgehead atoms. The van der Waals surface area contributed by atoms with Crippen LogP contribution in [0.3, 0.4) is 0 Å². The van der Waals surface area contributed by atoms with Crippen molar-refractivity contribution < 1.29 is 8.60 Å². The van der Waals surface area contributed by atoms with E-state index in [1.54, 1.807) is 12.1 Å². The summed E-state index contributed by atoms with van der Waals surface area (Å²) in [5, 5.41) is 1.06. The van der Waals surface area contributed by atoms with Gasteiger partial charge in [-0.15, -0.1) is 0 Å². The molecule has 3 rings (SSSR count). The number of hydrogen-bond donors (Lipinski definition) is 0. The molecule has 0 aliphatic heterocycles. The fourth-order valence-corrected chi connectivity index (χ4v) is 3.03. The van der Waals surface area contributed by atoms with Crippen LogP contribution in [0.1, 0.15) is 5.69 Å². The van der Waals surface area contributed by atoms with Crippen molar-refractivity contribution in [3.8, 4) is 0 Å². The molecule has 20 heavy (non-hydrogen) atoms. The molecule has 0 saturated carbocycles. The van der Waals surface area contributed by atoms with Gasteiger partial charge in [0, 0.05) is 10.3 Å². The van der Waals surface area contributed by atoms with E-state index in [9.17, 15) is 8.60 Å². The summed E-state index contributed by atoms with van der Waals surface area (Å²) in [4.78, 5) is 5.10. The Labute approximate surface area is 118 Å². The van der Waals surface area contributed by atoms with Crippen LogP contribution in [-0.4, -0.2) is 9.19 Å². The zero-order valence-corrected chi connectivity index (χ0v) is 11.4. The molecule has 0 saturated heterocycles. The zero-order valence-electron chi connectivity index (χ0n) is 10.6. The highest BCUT2D eigenvalue weighted by Crippen LogP contribution is 2.15. The van der Waals surface area contributed by atoms with Gasteiger partial charge in [0.1, 0.15) is 5.82 Å². The van der Waals surface area contributed by atoms with Gasteiger partial charge in [0.15, 0.2) is 0 Å². The second-order valence-corrected chi connectivity index (χ2v) is 5.89. The monoisotopic (exact) mass is 285 g/mol. The Morgan fingerprint density at radius 3 is 2.50 bits per heavy atom. The fourth-order valence-electron chi connectivity index (χ4n) is 1.99. The molecule has 0 amide bonds. The number of rotatable bonds is 3. The molecule has 2 aromatic carbocycles.